The van der Waals surface area contributed by atoms with E-state index in [0.717, 1.165) is 0 Å². The quantitative estimate of drug-likeness (QED) is 0.241. The summed E-state index contributed by atoms with van der Waals surface area (Å²) in [5, 5.41) is 0. The highest BCUT2D eigenvalue weighted by Crippen LogP contribution is 1.81. The molecule has 0 aromatic rings. The molecule has 0 aliphatic rings. The molecular weight excluding hydrogens is 152 g/mol. The van der Waals surface area contributed by atoms with Crippen molar-refractivity contribution in [1.82, 2.24) is 0 Å². The summed E-state index contributed by atoms with van der Waals surface area (Å²) in [6.45, 7) is 2.08. The van der Waals surface area contributed by atoms with Gasteiger partial charge in [-0.15, -0.1) is 0 Å². The highest BCUT2D eigenvalue weighted by Gasteiger charge is 1.92. The first-order valence-corrected chi connectivity index (χ1v) is 3.14. The normalized spacial score (nSPS) is 9.64. The van der Waals surface area contributed by atoms with Crippen molar-refractivity contribution in [3.05, 3.63) is 0 Å². The first kappa shape index (κ1) is 10.3. The molecule has 0 unspecified atom stereocenters. The Hall–Kier alpha value is -0.650. The van der Waals surface area contributed by atoms with Gasteiger partial charge in [0.1, 0.15) is 0 Å². The number of methoxy groups -OCH3 is 1. The molecule has 0 N–H and O–H groups in total. The molecule has 0 aliphatic carbocycles. The van der Waals surface area contributed by atoms with Gasteiger partial charge in [0.2, 0.25) is 0 Å². The maximum absolute atomic E-state index is 10.1. The van der Waals surface area contributed by atoms with E-state index in [0.29, 0.717) is 13.2 Å². The van der Waals surface area contributed by atoms with E-state index in [4.69, 9.17) is 4.74 Å². The largest absolute Gasteiger partial charge is 0.382 e. The summed E-state index contributed by atoms with van der Waals surface area (Å²) in [6, 6.07) is 0. The Balaban J connectivity index is 2.85. The summed E-state index contributed by atoms with van der Waals surface area (Å²) in [7, 11) is 1.57. The average Bonchev–Trinajstić information content (AvgIpc) is 1.96. The number of carbonyl (C=O) groups is 1. The van der Waals surface area contributed by atoms with Crippen molar-refractivity contribution in [1.29, 1.82) is 0 Å². The highest BCUT2D eigenvalue weighted by atomic mass is 17.2. The predicted molar refractivity (Wildman–Crippen MR) is 35.5 cm³/mol. The Bertz CT molecular complexity index is 103. The van der Waals surface area contributed by atoms with Crippen LogP contribution in [0.2, 0.25) is 0 Å². The monoisotopic (exact) mass is 164 g/mol. The zero-order valence-corrected chi connectivity index (χ0v) is 6.66. The molecule has 0 radical (unpaired) electrons. The molecule has 66 valence electrons. The maximum atomic E-state index is 10.1. The molecule has 0 aromatic carbocycles. The minimum absolute atomic E-state index is 0.0665. The molecule has 0 saturated heterocycles. The molecule has 0 bridgehead atoms. The number of carbonyl (C=O) groups excluding carboxylic acids is 1. The van der Waals surface area contributed by atoms with E-state index < -0.39 is 5.97 Å². The molecule has 0 heterocycles. The molecule has 0 saturated carbocycles. The van der Waals surface area contributed by atoms with Crippen molar-refractivity contribution in [2.24, 2.45) is 0 Å². The molecule has 0 spiro atoms. The fourth-order valence-electron chi connectivity index (χ4n) is 0.342. The fourth-order valence-corrected chi connectivity index (χ4v) is 0.342. The molecule has 0 rings (SSSR count). The van der Waals surface area contributed by atoms with Gasteiger partial charge in [-0.3, -0.25) is 4.89 Å². The standard InChI is InChI=1S/C6H12O5/c1-6(7)11-10-5-9-4-3-8-2/h3-5H2,1-2H3. The van der Waals surface area contributed by atoms with Gasteiger partial charge in [0.25, 0.3) is 0 Å². The third-order valence-corrected chi connectivity index (χ3v) is 0.740. The maximum Gasteiger partial charge on any atom is 0.339 e. The van der Waals surface area contributed by atoms with Gasteiger partial charge in [-0.25, -0.2) is 4.79 Å². The molecule has 11 heavy (non-hydrogen) atoms. The van der Waals surface area contributed by atoms with Gasteiger partial charge in [0, 0.05) is 14.0 Å². The third-order valence-electron chi connectivity index (χ3n) is 0.740. The van der Waals surface area contributed by atoms with E-state index >= 15 is 0 Å². The zero-order chi connectivity index (χ0) is 8.53. The summed E-state index contributed by atoms with van der Waals surface area (Å²) in [5.74, 6) is -0.500. The van der Waals surface area contributed by atoms with E-state index in [1.165, 1.54) is 6.92 Å². The second-order valence-electron chi connectivity index (χ2n) is 1.71. The molecule has 0 atom stereocenters. The van der Waals surface area contributed by atoms with Crippen LogP contribution >= 0.6 is 0 Å². The lowest BCUT2D eigenvalue weighted by Gasteiger charge is -2.01. The fraction of sp³-hybridized carbons (Fsp3) is 0.833. The first-order valence-electron chi connectivity index (χ1n) is 3.14. The van der Waals surface area contributed by atoms with Crippen LogP contribution in [0.25, 0.3) is 0 Å². The van der Waals surface area contributed by atoms with E-state index in [2.05, 4.69) is 14.5 Å². The van der Waals surface area contributed by atoms with E-state index in [1.54, 1.807) is 7.11 Å². The Labute approximate surface area is 65.1 Å². The minimum atomic E-state index is -0.500. The average molecular weight is 164 g/mol. The molecule has 5 heteroatoms. The molecule has 0 amide bonds. The second-order valence-corrected chi connectivity index (χ2v) is 1.71. The van der Waals surface area contributed by atoms with Crippen molar-refractivity contribution in [3.63, 3.8) is 0 Å². The van der Waals surface area contributed by atoms with Crippen LogP contribution in [0, 0.1) is 0 Å². The lowest BCUT2D eigenvalue weighted by atomic mass is 10.8. The summed E-state index contributed by atoms with van der Waals surface area (Å²) in [6.07, 6.45) is 0. The third kappa shape index (κ3) is 9.35. The van der Waals surface area contributed by atoms with Crippen LogP contribution in [-0.2, 0) is 24.0 Å². The number of hydrogen-bond acceptors (Lipinski definition) is 5. The lowest BCUT2D eigenvalue weighted by molar-refractivity contribution is -0.309. The molecule has 0 aromatic heterocycles. The second kappa shape index (κ2) is 7.46. The van der Waals surface area contributed by atoms with Crippen LogP contribution in [0.3, 0.4) is 0 Å². The smallest absolute Gasteiger partial charge is 0.339 e. The number of ether oxygens (including phenoxy) is 2. The molecular formula is C6H12O5. The van der Waals surface area contributed by atoms with Gasteiger partial charge in [-0.05, 0) is 0 Å². The van der Waals surface area contributed by atoms with Gasteiger partial charge < -0.3 is 9.47 Å². The van der Waals surface area contributed by atoms with Gasteiger partial charge in [0.05, 0.1) is 13.2 Å². The zero-order valence-electron chi connectivity index (χ0n) is 6.66. The van der Waals surface area contributed by atoms with Crippen LogP contribution in [-0.4, -0.2) is 33.1 Å². The minimum Gasteiger partial charge on any atom is -0.382 e. The van der Waals surface area contributed by atoms with Crippen LogP contribution in [0.15, 0.2) is 0 Å². The Morgan fingerprint density at radius 3 is 2.64 bits per heavy atom. The predicted octanol–water partition coefficient (Wildman–Crippen LogP) is 0.102. The Morgan fingerprint density at radius 1 is 1.36 bits per heavy atom. The van der Waals surface area contributed by atoms with Crippen LogP contribution in [0.4, 0.5) is 0 Å². The molecule has 5 nitrogen and oxygen atoms in total. The van der Waals surface area contributed by atoms with Crippen molar-refractivity contribution in [3.8, 4) is 0 Å². The van der Waals surface area contributed by atoms with Crippen molar-refractivity contribution in [2.75, 3.05) is 27.1 Å². The van der Waals surface area contributed by atoms with Crippen molar-refractivity contribution >= 4 is 5.97 Å². The van der Waals surface area contributed by atoms with Gasteiger partial charge >= 0.3 is 5.97 Å². The van der Waals surface area contributed by atoms with E-state index in [-0.39, 0.29) is 6.79 Å². The van der Waals surface area contributed by atoms with Crippen molar-refractivity contribution in [2.45, 2.75) is 6.92 Å². The molecule has 0 aliphatic heterocycles. The molecule has 0 fully saturated rings. The van der Waals surface area contributed by atoms with Gasteiger partial charge in [0.15, 0.2) is 6.79 Å². The number of rotatable bonds is 6. The summed E-state index contributed by atoms with van der Waals surface area (Å²) in [5.41, 5.74) is 0. The van der Waals surface area contributed by atoms with Crippen LogP contribution in [0.5, 0.6) is 0 Å². The van der Waals surface area contributed by atoms with E-state index in [1.807, 2.05) is 0 Å². The topological polar surface area (TPSA) is 54.0 Å². The van der Waals surface area contributed by atoms with Crippen LogP contribution < -0.4 is 0 Å². The summed E-state index contributed by atoms with van der Waals surface area (Å²) in [4.78, 5) is 18.5. The highest BCUT2D eigenvalue weighted by molar-refractivity contribution is 5.65. The first-order chi connectivity index (χ1) is 5.27. The summed E-state index contributed by atoms with van der Waals surface area (Å²) < 4.78 is 9.48. The number of hydrogen-bond donors (Lipinski definition) is 0. The van der Waals surface area contributed by atoms with Crippen LogP contribution in [0.1, 0.15) is 6.92 Å². The van der Waals surface area contributed by atoms with E-state index in [9.17, 15) is 4.79 Å². The Kier molecular flexibility index (Phi) is 7.02. The van der Waals surface area contributed by atoms with Crippen molar-refractivity contribution < 1.29 is 24.0 Å². The summed E-state index contributed by atoms with van der Waals surface area (Å²) >= 11 is 0. The van der Waals surface area contributed by atoms with Gasteiger partial charge in [-0.1, -0.05) is 0 Å². The SMILES string of the molecule is COCCOCOOC(C)=O. The lowest BCUT2D eigenvalue weighted by Crippen LogP contribution is -2.08. The Morgan fingerprint density at radius 2 is 2.09 bits per heavy atom. The van der Waals surface area contributed by atoms with Gasteiger partial charge in [-0.2, -0.15) is 4.89 Å².